The molecule has 0 bridgehead atoms. The molecule has 0 aliphatic carbocycles. The molecule has 0 unspecified atom stereocenters. The van der Waals surface area contributed by atoms with Gasteiger partial charge < -0.3 is 10.9 Å². The normalized spacial score (nSPS) is 12.9. The number of nitrogens with two attached hydrogens (primary N) is 1. The fourth-order valence-corrected chi connectivity index (χ4v) is 2.73. The summed E-state index contributed by atoms with van der Waals surface area (Å²) < 4.78 is 1.97. The molecular weight excluding hydrogens is 418 g/mol. The van der Waals surface area contributed by atoms with E-state index < -0.39 is 5.54 Å². The number of halogens is 3. The second kappa shape index (κ2) is 5.24. The minimum absolute atomic E-state index is 0.293. The Hall–Kier alpha value is -0.140. The van der Waals surface area contributed by atoms with Crippen LogP contribution in [0.5, 0.6) is 0 Å². The molecule has 0 saturated heterocycles. The van der Waals surface area contributed by atoms with Gasteiger partial charge in [0.25, 0.3) is 5.69 Å². The first-order valence-electron chi connectivity index (χ1n) is 4.76. The summed E-state index contributed by atoms with van der Waals surface area (Å²) in [6, 6.07) is 1.77. The van der Waals surface area contributed by atoms with E-state index in [1.807, 2.05) is 20.8 Å². The van der Waals surface area contributed by atoms with Crippen molar-refractivity contribution < 1.29 is 4.86 Å². The van der Waals surface area contributed by atoms with E-state index in [-0.39, 0.29) is 0 Å². The number of rotatable bonds is 1. The number of benzene rings is 1. The molecule has 0 atom stereocenters. The van der Waals surface area contributed by atoms with E-state index in [0.717, 1.165) is 4.47 Å². The zero-order chi connectivity index (χ0) is 13.4. The Morgan fingerprint density at radius 2 is 1.76 bits per heavy atom. The lowest BCUT2D eigenvalue weighted by Gasteiger charge is -2.13. The van der Waals surface area contributed by atoms with Gasteiger partial charge in [-0.1, -0.05) is 4.86 Å². The topological polar surface area (TPSA) is 64.5 Å². The predicted octanol–water partition coefficient (Wildman–Crippen LogP) is 4.95. The summed E-state index contributed by atoms with van der Waals surface area (Å²) >= 11 is 9.96. The largest absolute Gasteiger partial charge is 0.594 e. The summed E-state index contributed by atoms with van der Waals surface area (Å²) in [5.41, 5.74) is 6.05. The first kappa shape index (κ1) is 14.9. The Kier molecular flexibility index (Phi) is 4.60. The van der Waals surface area contributed by atoms with E-state index in [1.54, 1.807) is 6.07 Å². The van der Waals surface area contributed by atoms with E-state index in [0.29, 0.717) is 25.2 Å². The molecule has 0 spiro atoms. The zero-order valence-electron chi connectivity index (χ0n) is 9.59. The van der Waals surface area contributed by atoms with Crippen molar-refractivity contribution in [1.29, 1.82) is 0 Å². The minimum atomic E-state index is -0.470. The van der Waals surface area contributed by atoms with Gasteiger partial charge in [-0.25, -0.2) is 0 Å². The maximum Gasteiger partial charge on any atom is 0.283 e. The Bertz CT molecular complexity index is 454. The van der Waals surface area contributed by atoms with E-state index in [2.05, 4.69) is 52.9 Å². The molecule has 1 rings (SSSR count). The SMILES string of the molecule is CC(C)(C)N=[N+]([O-])c1c(N)c(Br)cc(Br)c1Br. The van der Waals surface area contributed by atoms with Crippen LogP contribution in [-0.4, -0.2) is 10.4 Å². The van der Waals surface area contributed by atoms with Crippen LogP contribution in [0.25, 0.3) is 0 Å². The van der Waals surface area contributed by atoms with E-state index in [1.165, 1.54) is 0 Å². The Morgan fingerprint density at radius 1 is 1.24 bits per heavy atom. The van der Waals surface area contributed by atoms with Gasteiger partial charge in [0.2, 0.25) is 0 Å². The molecule has 0 amide bonds. The van der Waals surface area contributed by atoms with Crippen molar-refractivity contribution in [1.82, 2.24) is 0 Å². The van der Waals surface area contributed by atoms with Gasteiger partial charge in [-0.05, 0) is 79.7 Å². The van der Waals surface area contributed by atoms with Crippen LogP contribution in [0.4, 0.5) is 11.4 Å². The van der Waals surface area contributed by atoms with Crippen molar-refractivity contribution in [3.63, 3.8) is 0 Å². The Balaban J connectivity index is 3.46. The third-order valence-corrected chi connectivity index (χ3v) is 4.38. The highest BCUT2D eigenvalue weighted by Gasteiger charge is 2.23. The molecule has 2 N–H and O–H groups in total. The minimum Gasteiger partial charge on any atom is -0.594 e. The highest BCUT2D eigenvalue weighted by atomic mass is 79.9. The third kappa shape index (κ3) is 3.66. The van der Waals surface area contributed by atoms with Crippen LogP contribution in [0, 0.1) is 5.21 Å². The van der Waals surface area contributed by atoms with Gasteiger partial charge >= 0.3 is 0 Å². The van der Waals surface area contributed by atoms with Crippen LogP contribution in [-0.2, 0) is 0 Å². The van der Waals surface area contributed by atoms with Crippen molar-refractivity contribution in [3.05, 3.63) is 24.7 Å². The second-order valence-electron chi connectivity index (χ2n) is 4.46. The molecule has 0 aliphatic rings. The van der Waals surface area contributed by atoms with Crippen LogP contribution in [0.1, 0.15) is 20.8 Å². The lowest BCUT2D eigenvalue weighted by molar-refractivity contribution is -0.449. The number of azo groups is 1. The van der Waals surface area contributed by atoms with Crippen LogP contribution in [0.15, 0.2) is 24.6 Å². The van der Waals surface area contributed by atoms with Gasteiger partial charge in [0.05, 0.1) is 0 Å². The average molecular weight is 430 g/mol. The predicted molar refractivity (Wildman–Crippen MR) is 79.4 cm³/mol. The fourth-order valence-electron chi connectivity index (χ4n) is 1.11. The number of anilines is 1. The fraction of sp³-hybridized carbons (Fsp3) is 0.400. The van der Waals surface area contributed by atoms with Crippen molar-refractivity contribution in [2.75, 3.05) is 5.73 Å². The van der Waals surface area contributed by atoms with E-state index in [9.17, 15) is 5.21 Å². The summed E-state index contributed by atoms with van der Waals surface area (Å²) in [6.45, 7) is 5.53. The second-order valence-corrected chi connectivity index (χ2v) is 6.96. The molecule has 7 heteroatoms. The molecule has 0 heterocycles. The maximum atomic E-state index is 12.0. The van der Waals surface area contributed by atoms with Crippen molar-refractivity contribution in [2.24, 2.45) is 5.11 Å². The molecule has 0 saturated carbocycles. The summed E-state index contributed by atoms with van der Waals surface area (Å²) in [5, 5.41) is 16.0. The molecule has 0 fully saturated rings. The lowest BCUT2D eigenvalue weighted by Crippen LogP contribution is -2.13. The lowest BCUT2D eigenvalue weighted by atomic mass is 10.1. The number of nitrogen functional groups attached to an aromatic ring is 1. The summed E-state index contributed by atoms with van der Waals surface area (Å²) in [4.78, 5) is 0.551. The molecule has 1 aromatic rings. The summed E-state index contributed by atoms with van der Waals surface area (Å²) in [6.07, 6.45) is 0. The number of hydrogen-bond acceptors (Lipinski definition) is 3. The first-order valence-corrected chi connectivity index (χ1v) is 7.14. The molecule has 4 nitrogen and oxygen atoms in total. The monoisotopic (exact) mass is 427 g/mol. The molecule has 1 aromatic carbocycles. The molecule has 0 aliphatic heterocycles. The molecule has 17 heavy (non-hydrogen) atoms. The van der Waals surface area contributed by atoms with Gasteiger partial charge in [-0.2, -0.15) is 0 Å². The molecule has 0 aromatic heterocycles. The summed E-state index contributed by atoms with van der Waals surface area (Å²) in [5.74, 6) is 0. The Morgan fingerprint density at radius 3 is 2.24 bits per heavy atom. The quantitative estimate of drug-likeness (QED) is 0.226. The smallest absolute Gasteiger partial charge is 0.283 e. The number of hydrogen-bond donors (Lipinski definition) is 1. The zero-order valence-corrected chi connectivity index (χ0v) is 14.3. The standard InChI is InChI=1S/C10H12Br3N3O/c1-10(2,3)15-16(17)9-7(13)5(11)4-6(12)8(9)14/h4H,14H2,1-3H3. The van der Waals surface area contributed by atoms with Gasteiger partial charge in [0.1, 0.15) is 15.7 Å². The van der Waals surface area contributed by atoms with Crippen LogP contribution >= 0.6 is 47.8 Å². The highest BCUT2D eigenvalue weighted by molar-refractivity contribution is 9.13. The molecule has 94 valence electrons. The summed E-state index contributed by atoms with van der Waals surface area (Å²) in [7, 11) is 0. The van der Waals surface area contributed by atoms with Crippen molar-refractivity contribution in [2.45, 2.75) is 26.3 Å². The molecular formula is C10H12Br3N3O. The van der Waals surface area contributed by atoms with Gasteiger partial charge in [0, 0.05) is 8.95 Å². The van der Waals surface area contributed by atoms with Gasteiger partial charge in [0.15, 0.2) is 0 Å². The number of nitrogens with zero attached hydrogens (tertiary/aromatic N) is 2. The molecule has 0 radical (unpaired) electrons. The maximum absolute atomic E-state index is 12.0. The highest BCUT2D eigenvalue weighted by Crippen LogP contribution is 2.42. The van der Waals surface area contributed by atoms with Crippen molar-refractivity contribution in [3.8, 4) is 0 Å². The Labute approximate surface area is 125 Å². The van der Waals surface area contributed by atoms with Crippen molar-refractivity contribution >= 4 is 59.2 Å². The van der Waals surface area contributed by atoms with Crippen LogP contribution < -0.4 is 5.73 Å². The van der Waals surface area contributed by atoms with Gasteiger partial charge in [-0.3, -0.25) is 0 Å². The van der Waals surface area contributed by atoms with Crippen LogP contribution in [0.2, 0.25) is 0 Å². The van der Waals surface area contributed by atoms with E-state index >= 15 is 0 Å². The van der Waals surface area contributed by atoms with Crippen LogP contribution in [0.3, 0.4) is 0 Å². The van der Waals surface area contributed by atoms with E-state index in [4.69, 9.17) is 5.73 Å². The van der Waals surface area contributed by atoms with Gasteiger partial charge in [-0.15, -0.1) is 0 Å². The average Bonchev–Trinajstić information content (AvgIpc) is 2.12. The third-order valence-electron chi connectivity index (χ3n) is 1.77. The first-order chi connectivity index (χ1) is 7.63.